The first kappa shape index (κ1) is 29.3. The number of carbonyl (C=O) groups excluding carboxylic acids is 2. The van der Waals surface area contributed by atoms with Crippen molar-refractivity contribution >= 4 is 27.7 Å². The van der Waals surface area contributed by atoms with Gasteiger partial charge in [-0.25, -0.2) is 0 Å². The molecule has 5 heteroatoms. The van der Waals surface area contributed by atoms with Crippen LogP contribution in [0.2, 0.25) is 0 Å². The van der Waals surface area contributed by atoms with E-state index in [1.807, 2.05) is 91.0 Å². The molecular weight excluding hydrogens is 560 g/mol. The maximum atomic E-state index is 14.4. The van der Waals surface area contributed by atoms with E-state index in [-0.39, 0.29) is 24.2 Å². The number of nitrogens with zero attached hydrogens (tertiary/aromatic N) is 1. The molecule has 4 rings (SSSR count). The highest BCUT2D eigenvalue weighted by Gasteiger charge is 2.32. The highest BCUT2D eigenvalue weighted by atomic mass is 79.9. The summed E-state index contributed by atoms with van der Waals surface area (Å²) in [6.45, 7) is 5.03. The summed E-state index contributed by atoms with van der Waals surface area (Å²) in [5.41, 5.74) is 4.14. The molecule has 0 aromatic heterocycles. The smallest absolute Gasteiger partial charge is 0.243 e. The van der Waals surface area contributed by atoms with E-state index in [1.54, 1.807) is 4.90 Å². The molecule has 0 bridgehead atoms. The van der Waals surface area contributed by atoms with E-state index >= 15 is 0 Å². The average molecular weight is 598 g/mol. The largest absolute Gasteiger partial charge is 0.354 e. The molecule has 4 nitrogen and oxygen atoms in total. The number of amides is 2. The summed E-state index contributed by atoms with van der Waals surface area (Å²) in [7, 11) is 0. The monoisotopic (exact) mass is 596 g/mol. The quantitative estimate of drug-likeness (QED) is 0.185. The van der Waals surface area contributed by atoms with Crippen molar-refractivity contribution in [2.45, 2.75) is 45.2 Å². The van der Waals surface area contributed by atoms with Gasteiger partial charge in [0.05, 0.1) is 0 Å². The molecule has 0 heterocycles. The molecule has 0 unspecified atom stereocenters. The molecule has 4 aromatic carbocycles. The van der Waals surface area contributed by atoms with Crippen molar-refractivity contribution in [1.29, 1.82) is 0 Å². The molecule has 0 radical (unpaired) electrons. The van der Waals surface area contributed by atoms with Crippen molar-refractivity contribution in [1.82, 2.24) is 10.2 Å². The number of nitrogens with one attached hydrogen (secondary N) is 1. The number of benzene rings is 4. The Morgan fingerprint density at radius 3 is 1.85 bits per heavy atom. The highest BCUT2D eigenvalue weighted by Crippen LogP contribution is 2.30. The van der Waals surface area contributed by atoms with Crippen molar-refractivity contribution in [2.75, 3.05) is 6.54 Å². The van der Waals surface area contributed by atoms with Gasteiger partial charge < -0.3 is 10.2 Å². The second-order valence-electron chi connectivity index (χ2n) is 10.6. The summed E-state index contributed by atoms with van der Waals surface area (Å²) in [6, 6.07) is 37.5. The molecule has 1 N–H and O–H groups in total. The fraction of sp³-hybridized carbons (Fsp3) is 0.257. The van der Waals surface area contributed by atoms with E-state index in [1.165, 1.54) is 0 Å². The Morgan fingerprint density at radius 1 is 0.750 bits per heavy atom. The van der Waals surface area contributed by atoms with Crippen LogP contribution in [-0.2, 0) is 22.6 Å². The van der Waals surface area contributed by atoms with Gasteiger partial charge in [0.1, 0.15) is 6.04 Å². The molecule has 0 spiro atoms. The van der Waals surface area contributed by atoms with Gasteiger partial charge in [0, 0.05) is 36.3 Å². The molecular formula is C35H37BrN2O2. The first-order valence-electron chi connectivity index (χ1n) is 13.9. The first-order valence-corrected chi connectivity index (χ1v) is 14.7. The maximum Gasteiger partial charge on any atom is 0.243 e. The summed E-state index contributed by atoms with van der Waals surface area (Å²) in [6.07, 6.45) is 0.691. The second-order valence-corrected chi connectivity index (χ2v) is 11.5. The standard InChI is InChI=1S/C35H37BrN2O2/c1-26(2)24-37-35(40)33(22-27-13-6-3-7-14-27)38(25-28-15-12-20-31(36)21-28)34(39)23-32(29-16-8-4-9-17-29)30-18-10-5-11-19-30/h3-21,26,32-33H,22-25H2,1-2H3,(H,37,40)/t33-/m1/s1. The van der Waals surface area contributed by atoms with Gasteiger partial charge >= 0.3 is 0 Å². The molecule has 206 valence electrons. The molecule has 40 heavy (non-hydrogen) atoms. The summed E-state index contributed by atoms with van der Waals surface area (Å²) < 4.78 is 0.938. The van der Waals surface area contributed by atoms with Crippen LogP contribution in [-0.4, -0.2) is 29.3 Å². The Bertz CT molecular complexity index is 1320. The van der Waals surface area contributed by atoms with Crippen LogP contribution in [0.4, 0.5) is 0 Å². The van der Waals surface area contributed by atoms with Crippen LogP contribution < -0.4 is 5.32 Å². The first-order chi connectivity index (χ1) is 19.4. The number of rotatable bonds is 12. The number of hydrogen-bond acceptors (Lipinski definition) is 2. The summed E-state index contributed by atoms with van der Waals surface area (Å²) in [5, 5.41) is 3.11. The Labute approximate surface area is 246 Å². The Morgan fingerprint density at radius 2 is 1.30 bits per heavy atom. The number of halogens is 1. The van der Waals surface area contributed by atoms with Crippen LogP contribution in [0.5, 0.6) is 0 Å². The van der Waals surface area contributed by atoms with Gasteiger partial charge in [-0.05, 0) is 40.3 Å². The zero-order chi connectivity index (χ0) is 28.3. The van der Waals surface area contributed by atoms with Crippen LogP contribution in [0, 0.1) is 5.92 Å². The zero-order valence-corrected chi connectivity index (χ0v) is 24.8. The van der Waals surface area contributed by atoms with E-state index in [4.69, 9.17) is 0 Å². The lowest BCUT2D eigenvalue weighted by atomic mass is 9.87. The normalized spacial score (nSPS) is 11.8. The molecule has 4 aromatic rings. The number of carbonyl (C=O) groups is 2. The third kappa shape index (κ3) is 8.40. The van der Waals surface area contributed by atoms with E-state index in [2.05, 4.69) is 59.4 Å². The predicted octanol–water partition coefficient (Wildman–Crippen LogP) is 7.38. The van der Waals surface area contributed by atoms with Crippen molar-refractivity contribution in [2.24, 2.45) is 5.92 Å². The Hall–Kier alpha value is -3.70. The third-order valence-electron chi connectivity index (χ3n) is 6.98. The Balaban J connectivity index is 1.73. The molecule has 0 fully saturated rings. The molecule has 0 aliphatic heterocycles. The lowest BCUT2D eigenvalue weighted by Crippen LogP contribution is -2.51. The maximum absolute atomic E-state index is 14.4. The molecule has 2 amide bonds. The summed E-state index contributed by atoms with van der Waals surface area (Å²) in [4.78, 5) is 29.9. The molecule has 0 aliphatic rings. The lowest BCUT2D eigenvalue weighted by molar-refractivity contribution is -0.141. The van der Waals surface area contributed by atoms with Gasteiger partial charge in [0.2, 0.25) is 11.8 Å². The highest BCUT2D eigenvalue weighted by molar-refractivity contribution is 9.10. The lowest BCUT2D eigenvalue weighted by Gasteiger charge is -2.33. The van der Waals surface area contributed by atoms with Crippen molar-refractivity contribution < 1.29 is 9.59 Å². The van der Waals surface area contributed by atoms with Crippen LogP contribution in [0.25, 0.3) is 0 Å². The van der Waals surface area contributed by atoms with Crippen molar-refractivity contribution in [3.05, 3.63) is 142 Å². The fourth-order valence-electron chi connectivity index (χ4n) is 4.90. The minimum atomic E-state index is -0.653. The van der Waals surface area contributed by atoms with Crippen LogP contribution in [0.15, 0.2) is 120 Å². The van der Waals surface area contributed by atoms with Gasteiger partial charge in [-0.2, -0.15) is 0 Å². The van der Waals surface area contributed by atoms with E-state index in [9.17, 15) is 9.59 Å². The topological polar surface area (TPSA) is 49.4 Å². The predicted molar refractivity (Wildman–Crippen MR) is 166 cm³/mol. The van der Waals surface area contributed by atoms with Gasteiger partial charge in [-0.15, -0.1) is 0 Å². The van der Waals surface area contributed by atoms with Crippen molar-refractivity contribution in [3.63, 3.8) is 0 Å². The third-order valence-corrected chi connectivity index (χ3v) is 7.47. The van der Waals surface area contributed by atoms with Gasteiger partial charge in [-0.1, -0.05) is 133 Å². The SMILES string of the molecule is CC(C)CNC(=O)[C@@H](Cc1ccccc1)N(Cc1cccc(Br)c1)C(=O)CC(c1ccccc1)c1ccccc1. The average Bonchev–Trinajstić information content (AvgIpc) is 2.97. The zero-order valence-electron chi connectivity index (χ0n) is 23.2. The fourth-order valence-corrected chi connectivity index (χ4v) is 5.35. The van der Waals surface area contributed by atoms with Crippen LogP contribution in [0.3, 0.4) is 0 Å². The Kier molecular flexibility index (Phi) is 10.7. The van der Waals surface area contributed by atoms with E-state index in [0.29, 0.717) is 25.4 Å². The molecule has 1 atom stereocenters. The summed E-state index contributed by atoms with van der Waals surface area (Å²) >= 11 is 3.57. The van der Waals surface area contributed by atoms with E-state index < -0.39 is 6.04 Å². The molecule has 0 aliphatic carbocycles. The van der Waals surface area contributed by atoms with Crippen LogP contribution >= 0.6 is 15.9 Å². The van der Waals surface area contributed by atoms with Gasteiger partial charge in [0.15, 0.2) is 0 Å². The minimum Gasteiger partial charge on any atom is -0.354 e. The molecule has 0 saturated heterocycles. The number of hydrogen-bond donors (Lipinski definition) is 1. The second kappa shape index (κ2) is 14.6. The van der Waals surface area contributed by atoms with E-state index in [0.717, 1.165) is 26.7 Å². The minimum absolute atomic E-state index is 0.0571. The van der Waals surface area contributed by atoms with Crippen molar-refractivity contribution in [3.8, 4) is 0 Å². The van der Waals surface area contributed by atoms with Crippen LogP contribution in [0.1, 0.15) is 48.4 Å². The van der Waals surface area contributed by atoms with Gasteiger partial charge in [0.25, 0.3) is 0 Å². The molecule has 0 saturated carbocycles. The summed E-state index contributed by atoms with van der Waals surface area (Å²) in [5.74, 6) is -0.0118. The van der Waals surface area contributed by atoms with Gasteiger partial charge in [-0.3, -0.25) is 9.59 Å².